The van der Waals surface area contributed by atoms with Crippen molar-refractivity contribution >= 4 is 11.8 Å². The number of amides is 2. The van der Waals surface area contributed by atoms with Gasteiger partial charge in [0.05, 0.1) is 12.3 Å². The highest BCUT2D eigenvalue weighted by atomic mass is 16.3. The van der Waals surface area contributed by atoms with Crippen molar-refractivity contribution in [3.8, 4) is 0 Å². The maximum absolute atomic E-state index is 13.0. The van der Waals surface area contributed by atoms with Crippen LogP contribution >= 0.6 is 0 Å². The van der Waals surface area contributed by atoms with Gasteiger partial charge in [0.25, 0.3) is 11.8 Å². The van der Waals surface area contributed by atoms with Crippen molar-refractivity contribution in [1.82, 2.24) is 15.2 Å². The molecular weight excluding hydrogens is 394 g/mol. The molecule has 0 saturated heterocycles. The Hall–Kier alpha value is -3.09. The Morgan fingerprint density at radius 3 is 2.48 bits per heavy atom. The average Bonchev–Trinajstić information content (AvgIpc) is 3.29. The fraction of sp³-hybridized carbons (Fsp3) is 0.458. The second-order valence-corrected chi connectivity index (χ2v) is 8.28. The van der Waals surface area contributed by atoms with Gasteiger partial charge in [0.2, 0.25) is 5.43 Å². The van der Waals surface area contributed by atoms with Crippen LogP contribution in [0.3, 0.4) is 0 Å². The molecule has 2 N–H and O–H groups in total. The van der Waals surface area contributed by atoms with Crippen LogP contribution < -0.4 is 16.1 Å². The summed E-state index contributed by atoms with van der Waals surface area (Å²) in [7, 11) is 0. The van der Waals surface area contributed by atoms with E-state index in [4.69, 9.17) is 4.42 Å². The summed E-state index contributed by atoms with van der Waals surface area (Å²) in [6.07, 6.45) is 12.1. The summed E-state index contributed by atoms with van der Waals surface area (Å²) < 4.78 is 7.03. The molecule has 0 saturated carbocycles. The zero-order chi connectivity index (χ0) is 22.4. The Morgan fingerprint density at radius 2 is 1.87 bits per heavy atom. The SMILES string of the molecule is CC(NC(=O)c1cn(C(C)C)cc(C(=O)NCCC2=CCCCC2)c1=O)c1ccco1. The van der Waals surface area contributed by atoms with E-state index in [-0.39, 0.29) is 17.2 Å². The maximum Gasteiger partial charge on any atom is 0.257 e. The third-order valence-electron chi connectivity index (χ3n) is 5.57. The second-order valence-electron chi connectivity index (χ2n) is 8.28. The van der Waals surface area contributed by atoms with Crippen molar-refractivity contribution in [1.29, 1.82) is 0 Å². The largest absolute Gasteiger partial charge is 0.467 e. The summed E-state index contributed by atoms with van der Waals surface area (Å²) in [5.41, 5.74) is 0.695. The van der Waals surface area contributed by atoms with Crippen LogP contribution in [0.1, 0.15) is 91.4 Å². The number of allylic oxidation sites excluding steroid dienone is 1. The Balaban J connectivity index is 1.77. The van der Waals surface area contributed by atoms with Gasteiger partial charge >= 0.3 is 0 Å². The molecule has 2 aromatic rings. The normalized spacial score (nSPS) is 14.8. The molecule has 0 fully saturated rings. The lowest BCUT2D eigenvalue weighted by molar-refractivity contribution is 0.0933. The van der Waals surface area contributed by atoms with E-state index >= 15 is 0 Å². The zero-order valence-electron chi connectivity index (χ0n) is 18.4. The molecule has 7 nitrogen and oxygen atoms in total. The predicted octanol–water partition coefficient (Wildman–Crippen LogP) is 4.13. The van der Waals surface area contributed by atoms with Crippen molar-refractivity contribution in [2.45, 2.75) is 65.0 Å². The van der Waals surface area contributed by atoms with Crippen LogP contribution in [0, 0.1) is 0 Å². The number of aromatic nitrogens is 1. The quantitative estimate of drug-likeness (QED) is 0.622. The van der Waals surface area contributed by atoms with E-state index in [2.05, 4.69) is 16.7 Å². The first-order valence-corrected chi connectivity index (χ1v) is 10.9. The van der Waals surface area contributed by atoms with Gasteiger partial charge in [-0.1, -0.05) is 11.6 Å². The van der Waals surface area contributed by atoms with Crippen LogP contribution in [0.4, 0.5) is 0 Å². The van der Waals surface area contributed by atoms with E-state index in [1.54, 1.807) is 23.6 Å². The molecule has 0 spiro atoms. The zero-order valence-corrected chi connectivity index (χ0v) is 18.4. The molecule has 2 heterocycles. The summed E-state index contributed by atoms with van der Waals surface area (Å²) in [5, 5.41) is 5.62. The van der Waals surface area contributed by atoms with Crippen LogP contribution in [0.15, 0.2) is 51.7 Å². The van der Waals surface area contributed by atoms with Gasteiger partial charge in [-0.05, 0) is 65.0 Å². The number of pyridine rings is 1. The Morgan fingerprint density at radius 1 is 1.13 bits per heavy atom. The molecule has 31 heavy (non-hydrogen) atoms. The molecule has 0 aliphatic heterocycles. The van der Waals surface area contributed by atoms with Gasteiger partial charge in [0.1, 0.15) is 16.9 Å². The molecular formula is C24H31N3O4. The first kappa shape index (κ1) is 22.6. The summed E-state index contributed by atoms with van der Waals surface area (Å²) in [6, 6.07) is 3.06. The highest BCUT2D eigenvalue weighted by molar-refractivity contribution is 5.99. The highest BCUT2D eigenvalue weighted by Crippen LogP contribution is 2.19. The van der Waals surface area contributed by atoms with Gasteiger partial charge in [-0.25, -0.2) is 0 Å². The number of nitrogens with one attached hydrogen (secondary N) is 2. The van der Waals surface area contributed by atoms with Crippen molar-refractivity contribution in [3.63, 3.8) is 0 Å². The number of furan rings is 1. The number of carbonyl (C=O) groups excluding carboxylic acids is 2. The van der Waals surface area contributed by atoms with Gasteiger partial charge in [0, 0.05) is 25.0 Å². The number of hydrogen-bond donors (Lipinski definition) is 2. The smallest absolute Gasteiger partial charge is 0.257 e. The molecule has 1 aliphatic carbocycles. The Kier molecular flexibility index (Phi) is 7.50. The number of rotatable bonds is 8. The molecule has 3 rings (SSSR count). The van der Waals surface area contributed by atoms with Gasteiger partial charge < -0.3 is 19.6 Å². The Labute approximate surface area is 182 Å². The summed E-state index contributed by atoms with van der Waals surface area (Å²) >= 11 is 0. The molecule has 1 unspecified atom stereocenters. The van der Waals surface area contributed by atoms with Crippen LogP contribution in [0.2, 0.25) is 0 Å². The van der Waals surface area contributed by atoms with Crippen molar-refractivity contribution in [3.05, 3.63) is 69.5 Å². The average molecular weight is 426 g/mol. The van der Waals surface area contributed by atoms with E-state index in [1.165, 1.54) is 37.1 Å². The van der Waals surface area contributed by atoms with Crippen LogP contribution in [-0.2, 0) is 0 Å². The number of nitrogens with zero attached hydrogens (tertiary/aromatic N) is 1. The van der Waals surface area contributed by atoms with E-state index in [0.717, 1.165) is 19.3 Å². The highest BCUT2D eigenvalue weighted by Gasteiger charge is 2.22. The summed E-state index contributed by atoms with van der Waals surface area (Å²) in [5.74, 6) is -0.404. The molecule has 2 amide bonds. The monoisotopic (exact) mass is 425 g/mol. The summed E-state index contributed by atoms with van der Waals surface area (Å²) in [6.45, 7) is 6.09. The number of carbonyl (C=O) groups is 2. The lowest BCUT2D eigenvalue weighted by Gasteiger charge is -2.17. The summed E-state index contributed by atoms with van der Waals surface area (Å²) in [4.78, 5) is 38.6. The molecule has 2 aromatic heterocycles. The molecule has 0 radical (unpaired) electrons. The van der Waals surface area contributed by atoms with Gasteiger partial charge in [-0.3, -0.25) is 14.4 Å². The fourth-order valence-corrected chi connectivity index (χ4v) is 3.67. The predicted molar refractivity (Wildman–Crippen MR) is 119 cm³/mol. The first-order valence-electron chi connectivity index (χ1n) is 10.9. The first-order chi connectivity index (χ1) is 14.9. The topological polar surface area (TPSA) is 93.3 Å². The molecule has 0 aromatic carbocycles. The van der Waals surface area contributed by atoms with Crippen LogP contribution in [0.25, 0.3) is 0 Å². The molecule has 7 heteroatoms. The minimum absolute atomic E-state index is 0.0198. The molecule has 1 atom stereocenters. The molecule has 1 aliphatic rings. The van der Waals surface area contributed by atoms with Crippen LogP contribution in [0.5, 0.6) is 0 Å². The van der Waals surface area contributed by atoms with E-state index in [1.807, 2.05) is 13.8 Å². The van der Waals surface area contributed by atoms with E-state index < -0.39 is 23.3 Å². The minimum Gasteiger partial charge on any atom is -0.467 e. The van der Waals surface area contributed by atoms with Gasteiger partial charge in [0.15, 0.2) is 0 Å². The molecule has 0 bridgehead atoms. The molecule has 166 valence electrons. The van der Waals surface area contributed by atoms with Crippen molar-refractivity contribution in [2.75, 3.05) is 6.54 Å². The maximum atomic E-state index is 13.0. The third-order valence-corrected chi connectivity index (χ3v) is 5.57. The minimum atomic E-state index is -0.574. The van der Waals surface area contributed by atoms with Crippen molar-refractivity contribution < 1.29 is 14.0 Å². The van der Waals surface area contributed by atoms with Crippen molar-refractivity contribution in [2.24, 2.45) is 0 Å². The fourth-order valence-electron chi connectivity index (χ4n) is 3.67. The third kappa shape index (κ3) is 5.75. The lowest BCUT2D eigenvalue weighted by atomic mass is 9.97. The van der Waals surface area contributed by atoms with Gasteiger partial charge in [-0.2, -0.15) is 0 Å². The van der Waals surface area contributed by atoms with Crippen LogP contribution in [-0.4, -0.2) is 22.9 Å². The van der Waals surface area contributed by atoms with E-state index in [9.17, 15) is 14.4 Å². The van der Waals surface area contributed by atoms with Gasteiger partial charge in [-0.15, -0.1) is 0 Å². The standard InChI is InChI=1S/C24H31N3O4/c1-16(2)27-14-19(23(29)25-12-11-18-8-5-4-6-9-18)22(28)20(15-27)24(30)26-17(3)21-10-7-13-31-21/h7-8,10,13-17H,4-6,9,11-12H2,1-3H3,(H,25,29)(H,26,30). The number of hydrogen-bond acceptors (Lipinski definition) is 4. The van der Waals surface area contributed by atoms with E-state index in [0.29, 0.717) is 12.3 Å². The lowest BCUT2D eigenvalue weighted by Crippen LogP contribution is -2.36. The Bertz CT molecular complexity index is 1000. The second kappa shape index (κ2) is 10.3.